The van der Waals surface area contributed by atoms with Crippen LogP contribution in [0, 0.1) is 0 Å². The van der Waals surface area contributed by atoms with Gasteiger partial charge in [0.25, 0.3) is 0 Å². The first-order valence-corrected chi connectivity index (χ1v) is 8.80. The van der Waals surface area contributed by atoms with E-state index in [2.05, 4.69) is 5.32 Å². The summed E-state index contributed by atoms with van der Waals surface area (Å²) >= 11 is 0. The molecule has 0 atom stereocenters. The van der Waals surface area contributed by atoms with Crippen LogP contribution in [0.3, 0.4) is 0 Å². The molecule has 0 saturated heterocycles. The molecular formula is C15H24N2O3S. The van der Waals surface area contributed by atoms with Crippen LogP contribution in [0.4, 0.5) is 5.69 Å². The number of ether oxygens (including phenoxy) is 1. The van der Waals surface area contributed by atoms with E-state index in [1.165, 1.54) is 9.87 Å². The van der Waals surface area contributed by atoms with E-state index >= 15 is 0 Å². The van der Waals surface area contributed by atoms with Crippen LogP contribution in [0.5, 0.6) is 0 Å². The molecular weight excluding hydrogens is 288 g/mol. The van der Waals surface area contributed by atoms with Crippen molar-refractivity contribution in [1.29, 1.82) is 0 Å². The fourth-order valence-electron chi connectivity index (χ4n) is 2.32. The van der Waals surface area contributed by atoms with E-state index in [-0.39, 0.29) is 6.10 Å². The number of hydrogen-bond acceptors (Lipinski definition) is 4. The van der Waals surface area contributed by atoms with Crippen LogP contribution >= 0.6 is 0 Å². The summed E-state index contributed by atoms with van der Waals surface area (Å²) in [5.41, 5.74) is 2.13. The first kappa shape index (κ1) is 16.3. The maximum absolute atomic E-state index is 12.5. The fraction of sp³-hybridized carbons (Fsp3) is 0.600. The lowest BCUT2D eigenvalue weighted by Crippen LogP contribution is -2.31. The number of hydrogen-bond donors (Lipinski definition) is 1. The Bertz CT molecular complexity index is 585. The highest BCUT2D eigenvalue weighted by molar-refractivity contribution is 7.89. The molecule has 0 radical (unpaired) electrons. The van der Waals surface area contributed by atoms with E-state index < -0.39 is 10.0 Å². The van der Waals surface area contributed by atoms with Gasteiger partial charge >= 0.3 is 0 Å². The predicted molar refractivity (Wildman–Crippen MR) is 84.2 cm³/mol. The molecule has 2 rings (SSSR count). The van der Waals surface area contributed by atoms with Crippen molar-refractivity contribution < 1.29 is 13.2 Å². The first-order chi connectivity index (χ1) is 9.91. The predicted octanol–water partition coefficient (Wildman–Crippen LogP) is 2.09. The van der Waals surface area contributed by atoms with E-state index in [0.29, 0.717) is 18.0 Å². The fourth-order valence-corrected chi connectivity index (χ4v) is 3.50. The number of anilines is 1. The average molecular weight is 312 g/mol. The molecule has 1 N–H and O–H groups in total. The highest BCUT2D eigenvalue weighted by atomic mass is 32.2. The summed E-state index contributed by atoms with van der Waals surface area (Å²) < 4.78 is 31.8. The molecule has 6 heteroatoms. The van der Waals surface area contributed by atoms with Crippen molar-refractivity contribution in [1.82, 2.24) is 4.31 Å². The molecule has 1 aromatic rings. The highest BCUT2D eigenvalue weighted by Crippen LogP contribution is 2.26. The minimum absolute atomic E-state index is 0.106. The summed E-state index contributed by atoms with van der Waals surface area (Å²) in [6.45, 7) is 5.52. The largest absolute Gasteiger partial charge is 0.385 e. The van der Waals surface area contributed by atoms with Crippen molar-refractivity contribution in [2.45, 2.75) is 37.7 Å². The normalized spacial score (nSPS) is 15.1. The minimum atomic E-state index is -3.46. The Morgan fingerprint density at radius 1 is 1.38 bits per heavy atom. The number of sulfonamides is 1. The molecule has 1 aliphatic rings. The van der Waals surface area contributed by atoms with Gasteiger partial charge in [0, 0.05) is 25.8 Å². The SMILES string of the molecule is CC(C)OCCN(C)S(=O)(=O)c1ccc2c(c1)NCCC2. The zero-order valence-corrected chi connectivity index (χ0v) is 13.7. The van der Waals surface area contributed by atoms with Crippen molar-refractivity contribution in [3.05, 3.63) is 23.8 Å². The summed E-state index contributed by atoms with van der Waals surface area (Å²) in [7, 11) is -1.87. The van der Waals surface area contributed by atoms with Crippen LogP contribution in [-0.4, -0.2) is 45.6 Å². The molecule has 1 aromatic carbocycles. The maximum atomic E-state index is 12.5. The molecule has 0 bridgehead atoms. The molecule has 0 unspecified atom stereocenters. The van der Waals surface area contributed by atoms with Crippen molar-refractivity contribution in [2.75, 3.05) is 32.1 Å². The van der Waals surface area contributed by atoms with Crippen LogP contribution in [-0.2, 0) is 21.2 Å². The van der Waals surface area contributed by atoms with Gasteiger partial charge in [-0.3, -0.25) is 0 Å². The van der Waals surface area contributed by atoms with E-state index in [0.717, 1.165) is 25.1 Å². The van der Waals surface area contributed by atoms with E-state index in [1.807, 2.05) is 19.9 Å². The van der Waals surface area contributed by atoms with Crippen LogP contribution in [0.1, 0.15) is 25.8 Å². The number of fused-ring (bicyclic) bond motifs is 1. The summed E-state index contributed by atoms with van der Waals surface area (Å²) in [6, 6.07) is 5.34. The Hall–Kier alpha value is -1.11. The number of nitrogens with one attached hydrogen (secondary N) is 1. The van der Waals surface area contributed by atoms with Crippen LogP contribution < -0.4 is 5.32 Å². The summed E-state index contributed by atoms with van der Waals surface area (Å²) in [5.74, 6) is 0. The lowest BCUT2D eigenvalue weighted by atomic mass is 10.0. The zero-order chi connectivity index (χ0) is 15.5. The molecule has 1 aliphatic heterocycles. The Balaban J connectivity index is 2.11. The number of nitrogens with zero attached hydrogens (tertiary/aromatic N) is 1. The Labute approximate surface area is 127 Å². The second-order valence-corrected chi connectivity index (χ2v) is 7.64. The molecule has 0 spiro atoms. The quantitative estimate of drug-likeness (QED) is 0.874. The van der Waals surface area contributed by atoms with E-state index in [9.17, 15) is 8.42 Å². The second-order valence-electron chi connectivity index (χ2n) is 5.60. The van der Waals surface area contributed by atoms with Gasteiger partial charge in [-0.15, -0.1) is 0 Å². The molecule has 0 aromatic heterocycles. The van der Waals surface area contributed by atoms with E-state index in [4.69, 9.17) is 4.74 Å². The van der Waals surface area contributed by atoms with Crippen molar-refractivity contribution in [3.8, 4) is 0 Å². The van der Waals surface area contributed by atoms with E-state index in [1.54, 1.807) is 19.2 Å². The Morgan fingerprint density at radius 2 is 2.14 bits per heavy atom. The second kappa shape index (κ2) is 6.77. The van der Waals surface area contributed by atoms with Gasteiger partial charge in [-0.2, -0.15) is 4.31 Å². The number of rotatable bonds is 6. The lowest BCUT2D eigenvalue weighted by molar-refractivity contribution is 0.0737. The van der Waals surface area contributed by atoms with Gasteiger partial charge < -0.3 is 10.1 Å². The smallest absolute Gasteiger partial charge is 0.242 e. The third-order valence-corrected chi connectivity index (χ3v) is 5.44. The number of likely N-dealkylation sites (N-methyl/N-ethyl adjacent to an activating group) is 1. The lowest BCUT2D eigenvalue weighted by Gasteiger charge is -2.21. The van der Waals surface area contributed by atoms with Crippen molar-refractivity contribution in [2.24, 2.45) is 0 Å². The van der Waals surface area contributed by atoms with Crippen LogP contribution in [0.2, 0.25) is 0 Å². The van der Waals surface area contributed by atoms with Gasteiger partial charge in [-0.1, -0.05) is 6.07 Å². The van der Waals surface area contributed by atoms with Crippen LogP contribution in [0.25, 0.3) is 0 Å². The molecule has 0 amide bonds. The van der Waals surface area contributed by atoms with Gasteiger partial charge in [-0.25, -0.2) is 8.42 Å². The van der Waals surface area contributed by atoms with Gasteiger partial charge in [0.1, 0.15) is 0 Å². The van der Waals surface area contributed by atoms with Gasteiger partial charge in [0.15, 0.2) is 0 Å². The zero-order valence-electron chi connectivity index (χ0n) is 12.9. The summed E-state index contributed by atoms with van der Waals surface area (Å²) in [5, 5.41) is 3.26. The Kier molecular flexibility index (Phi) is 5.24. The molecule has 118 valence electrons. The summed E-state index contributed by atoms with van der Waals surface area (Å²) in [6.07, 6.45) is 2.20. The third-order valence-electron chi connectivity index (χ3n) is 3.59. The van der Waals surface area contributed by atoms with Gasteiger partial charge in [0.2, 0.25) is 10.0 Å². The Morgan fingerprint density at radius 3 is 2.86 bits per heavy atom. The molecule has 5 nitrogen and oxygen atoms in total. The third kappa shape index (κ3) is 3.96. The summed E-state index contributed by atoms with van der Waals surface area (Å²) in [4.78, 5) is 0.336. The highest BCUT2D eigenvalue weighted by Gasteiger charge is 2.22. The molecule has 1 heterocycles. The number of aryl methyl sites for hydroxylation is 1. The monoisotopic (exact) mass is 312 g/mol. The molecule has 21 heavy (non-hydrogen) atoms. The van der Waals surface area contributed by atoms with Gasteiger partial charge in [0.05, 0.1) is 17.6 Å². The number of benzene rings is 1. The molecule has 0 aliphatic carbocycles. The van der Waals surface area contributed by atoms with Crippen LogP contribution in [0.15, 0.2) is 23.1 Å². The topological polar surface area (TPSA) is 58.6 Å². The molecule has 0 fully saturated rings. The minimum Gasteiger partial charge on any atom is -0.385 e. The standard InChI is InChI=1S/C15H24N2O3S/c1-12(2)20-10-9-17(3)21(18,19)14-7-6-13-5-4-8-16-15(13)11-14/h6-7,11-12,16H,4-5,8-10H2,1-3H3. The maximum Gasteiger partial charge on any atom is 0.242 e. The molecule has 0 saturated carbocycles. The van der Waals surface area contributed by atoms with Crippen molar-refractivity contribution in [3.63, 3.8) is 0 Å². The van der Waals surface area contributed by atoms with Gasteiger partial charge in [-0.05, 0) is 44.4 Å². The van der Waals surface area contributed by atoms with Crippen molar-refractivity contribution >= 4 is 15.7 Å². The average Bonchev–Trinajstić information content (AvgIpc) is 2.46. The first-order valence-electron chi connectivity index (χ1n) is 7.36.